The van der Waals surface area contributed by atoms with Crippen LogP contribution in [0.15, 0.2) is 40.9 Å². The number of nitrogens with one attached hydrogen (secondary N) is 1. The highest BCUT2D eigenvalue weighted by atomic mass is 16.4. The molecular weight excluding hydrogens is 188 g/mol. The maximum absolute atomic E-state index is 5.62. The molecule has 0 unspecified atom stereocenters. The number of aromatic nitrogens is 1. The molecule has 0 aliphatic heterocycles. The highest BCUT2D eigenvalue weighted by molar-refractivity contribution is 5.52. The standard InChI is InChI=1S/C12H14N2O/c1-13-8-7-11-9-14-12(15-11)10-5-3-2-4-6-10/h2-6,9,13H,7-8H2,1H3. The Labute approximate surface area is 89.1 Å². The van der Waals surface area contributed by atoms with Crippen LogP contribution >= 0.6 is 0 Å². The molecule has 1 N–H and O–H groups in total. The van der Waals surface area contributed by atoms with Crippen LogP contribution in [0.25, 0.3) is 11.5 Å². The van der Waals surface area contributed by atoms with Crippen LogP contribution in [-0.4, -0.2) is 18.6 Å². The fraction of sp³-hybridized carbons (Fsp3) is 0.250. The van der Waals surface area contributed by atoms with Gasteiger partial charge in [-0.3, -0.25) is 0 Å². The maximum Gasteiger partial charge on any atom is 0.226 e. The van der Waals surface area contributed by atoms with Crippen LogP contribution in [0.2, 0.25) is 0 Å². The average Bonchev–Trinajstić information content (AvgIpc) is 2.76. The summed E-state index contributed by atoms with van der Waals surface area (Å²) < 4.78 is 5.62. The largest absolute Gasteiger partial charge is 0.441 e. The summed E-state index contributed by atoms with van der Waals surface area (Å²) in [5.74, 6) is 1.62. The lowest BCUT2D eigenvalue weighted by atomic mass is 10.2. The monoisotopic (exact) mass is 202 g/mol. The van der Waals surface area contributed by atoms with Gasteiger partial charge in [0.25, 0.3) is 0 Å². The fourth-order valence-corrected chi connectivity index (χ4v) is 1.39. The van der Waals surface area contributed by atoms with Crippen molar-refractivity contribution in [2.24, 2.45) is 0 Å². The van der Waals surface area contributed by atoms with Gasteiger partial charge in [-0.05, 0) is 19.2 Å². The molecule has 1 heterocycles. The van der Waals surface area contributed by atoms with E-state index in [4.69, 9.17) is 4.42 Å². The number of hydrogen-bond donors (Lipinski definition) is 1. The Bertz CT molecular complexity index is 409. The first-order valence-electron chi connectivity index (χ1n) is 5.05. The quantitative estimate of drug-likeness (QED) is 0.825. The van der Waals surface area contributed by atoms with Gasteiger partial charge in [-0.15, -0.1) is 0 Å². The van der Waals surface area contributed by atoms with E-state index in [0.717, 1.165) is 24.3 Å². The summed E-state index contributed by atoms with van der Waals surface area (Å²) in [6, 6.07) is 9.93. The van der Waals surface area contributed by atoms with E-state index in [9.17, 15) is 0 Å². The van der Waals surface area contributed by atoms with Crippen molar-refractivity contribution in [3.63, 3.8) is 0 Å². The maximum atomic E-state index is 5.62. The molecule has 1 aromatic carbocycles. The average molecular weight is 202 g/mol. The minimum absolute atomic E-state index is 0.696. The van der Waals surface area contributed by atoms with Crippen molar-refractivity contribution >= 4 is 0 Å². The van der Waals surface area contributed by atoms with E-state index in [0.29, 0.717) is 5.89 Å². The lowest BCUT2D eigenvalue weighted by Crippen LogP contribution is -2.09. The minimum atomic E-state index is 0.696. The van der Waals surface area contributed by atoms with Gasteiger partial charge in [-0.1, -0.05) is 18.2 Å². The number of hydrogen-bond acceptors (Lipinski definition) is 3. The van der Waals surface area contributed by atoms with E-state index in [1.165, 1.54) is 0 Å². The molecule has 0 fully saturated rings. The van der Waals surface area contributed by atoms with E-state index in [-0.39, 0.29) is 0 Å². The Morgan fingerprint density at radius 1 is 1.27 bits per heavy atom. The number of benzene rings is 1. The van der Waals surface area contributed by atoms with Gasteiger partial charge >= 0.3 is 0 Å². The third-order valence-corrected chi connectivity index (χ3v) is 2.20. The molecule has 2 rings (SSSR count). The third kappa shape index (κ3) is 2.44. The summed E-state index contributed by atoms with van der Waals surface area (Å²) in [6.45, 7) is 0.906. The van der Waals surface area contributed by atoms with Gasteiger partial charge in [0.05, 0.1) is 6.20 Å². The van der Waals surface area contributed by atoms with Crippen LogP contribution in [0.3, 0.4) is 0 Å². The third-order valence-electron chi connectivity index (χ3n) is 2.20. The van der Waals surface area contributed by atoms with Gasteiger partial charge in [0.1, 0.15) is 5.76 Å². The van der Waals surface area contributed by atoms with Crippen LogP contribution in [-0.2, 0) is 6.42 Å². The second-order valence-corrected chi connectivity index (χ2v) is 3.35. The molecule has 1 aromatic heterocycles. The molecule has 0 aliphatic carbocycles. The van der Waals surface area contributed by atoms with Crippen LogP contribution in [0.5, 0.6) is 0 Å². The van der Waals surface area contributed by atoms with Crippen LogP contribution < -0.4 is 5.32 Å². The summed E-state index contributed by atoms with van der Waals surface area (Å²) in [5.41, 5.74) is 1.02. The zero-order valence-electron chi connectivity index (χ0n) is 8.73. The Hall–Kier alpha value is -1.61. The van der Waals surface area contributed by atoms with Crippen molar-refractivity contribution in [3.05, 3.63) is 42.3 Å². The molecule has 3 nitrogen and oxygen atoms in total. The molecule has 78 valence electrons. The van der Waals surface area contributed by atoms with Crippen molar-refractivity contribution in [1.29, 1.82) is 0 Å². The molecule has 15 heavy (non-hydrogen) atoms. The van der Waals surface area contributed by atoms with Gasteiger partial charge in [-0.25, -0.2) is 4.98 Å². The molecule has 0 atom stereocenters. The minimum Gasteiger partial charge on any atom is -0.441 e. The molecule has 3 heteroatoms. The van der Waals surface area contributed by atoms with E-state index in [1.54, 1.807) is 6.20 Å². The predicted molar refractivity (Wildman–Crippen MR) is 59.6 cm³/mol. The zero-order chi connectivity index (χ0) is 10.5. The van der Waals surface area contributed by atoms with Crippen molar-refractivity contribution in [3.8, 4) is 11.5 Å². The van der Waals surface area contributed by atoms with Gasteiger partial charge in [0.15, 0.2) is 0 Å². The number of nitrogens with zero attached hydrogens (tertiary/aromatic N) is 1. The summed E-state index contributed by atoms with van der Waals surface area (Å²) in [7, 11) is 1.93. The normalized spacial score (nSPS) is 10.5. The molecule has 0 spiro atoms. The lowest BCUT2D eigenvalue weighted by Gasteiger charge is -1.95. The topological polar surface area (TPSA) is 38.1 Å². The molecule has 0 saturated carbocycles. The lowest BCUT2D eigenvalue weighted by molar-refractivity contribution is 0.512. The fourth-order valence-electron chi connectivity index (χ4n) is 1.39. The molecule has 0 aliphatic rings. The molecule has 0 saturated heterocycles. The molecular formula is C12H14N2O. The number of oxazole rings is 1. The van der Waals surface area contributed by atoms with Gasteiger partial charge < -0.3 is 9.73 Å². The van der Waals surface area contributed by atoms with Crippen molar-refractivity contribution < 1.29 is 4.42 Å². The van der Waals surface area contributed by atoms with Crippen molar-refractivity contribution in [1.82, 2.24) is 10.3 Å². The van der Waals surface area contributed by atoms with Gasteiger partial charge in [0.2, 0.25) is 5.89 Å². The second-order valence-electron chi connectivity index (χ2n) is 3.35. The first kappa shape index (κ1) is 9.93. The van der Waals surface area contributed by atoms with Crippen LogP contribution in [0.4, 0.5) is 0 Å². The van der Waals surface area contributed by atoms with Crippen LogP contribution in [0, 0.1) is 0 Å². The summed E-state index contributed by atoms with van der Waals surface area (Å²) >= 11 is 0. The van der Waals surface area contributed by atoms with E-state index in [1.807, 2.05) is 37.4 Å². The summed E-state index contributed by atoms with van der Waals surface area (Å²) in [5, 5.41) is 3.08. The first-order chi connectivity index (χ1) is 7.40. The second kappa shape index (κ2) is 4.75. The Balaban J connectivity index is 2.14. The smallest absolute Gasteiger partial charge is 0.226 e. The zero-order valence-corrected chi connectivity index (χ0v) is 8.73. The van der Waals surface area contributed by atoms with Crippen molar-refractivity contribution in [2.45, 2.75) is 6.42 Å². The molecule has 2 aromatic rings. The molecule has 0 radical (unpaired) electrons. The SMILES string of the molecule is CNCCc1cnc(-c2ccccc2)o1. The van der Waals surface area contributed by atoms with Crippen molar-refractivity contribution in [2.75, 3.05) is 13.6 Å². The Kier molecular flexibility index (Phi) is 3.15. The van der Waals surface area contributed by atoms with Gasteiger partial charge in [0, 0.05) is 18.5 Å². The number of rotatable bonds is 4. The van der Waals surface area contributed by atoms with Gasteiger partial charge in [-0.2, -0.15) is 0 Å². The first-order valence-corrected chi connectivity index (χ1v) is 5.05. The van der Waals surface area contributed by atoms with E-state index >= 15 is 0 Å². The Morgan fingerprint density at radius 3 is 2.80 bits per heavy atom. The predicted octanol–water partition coefficient (Wildman–Crippen LogP) is 2.10. The van der Waals surface area contributed by atoms with E-state index in [2.05, 4.69) is 10.3 Å². The highest BCUT2D eigenvalue weighted by Crippen LogP contribution is 2.18. The summed E-state index contributed by atoms with van der Waals surface area (Å²) in [4.78, 5) is 4.24. The number of likely N-dealkylation sites (N-methyl/N-ethyl adjacent to an activating group) is 1. The highest BCUT2D eigenvalue weighted by Gasteiger charge is 2.04. The van der Waals surface area contributed by atoms with E-state index < -0.39 is 0 Å². The summed E-state index contributed by atoms with van der Waals surface area (Å²) in [6.07, 6.45) is 2.66. The van der Waals surface area contributed by atoms with Crippen LogP contribution in [0.1, 0.15) is 5.76 Å². The molecule has 0 bridgehead atoms. The molecule has 0 amide bonds. The Morgan fingerprint density at radius 2 is 2.07 bits per heavy atom.